The molecule has 2 aromatic heterocycles. The SMILES string of the molecule is CNc1nccn2cc(C(=O)N/N=C/c3ccc(Cl)cc3)nc12. The van der Waals surface area contributed by atoms with Gasteiger partial charge in [0.2, 0.25) is 0 Å². The van der Waals surface area contributed by atoms with Gasteiger partial charge in [-0.15, -0.1) is 0 Å². The number of hydrazone groups is 1. The average molecular weight is 329 g/mol. The summed E-state index contributed by atoms with van der Waals surface area (Å²) in [5.41, 5.74) is 4.09. The van der Waals surface area contributed by atoms with Crippen LogP contribution in [-0.4, -0.2) is 33.5 Å². The van der Waals surface area contributed by atoms with E-state index in [9.17, 15) is 4.79 Å². The van der Waals surface area contributed by atoms with Gasteiger partial charge in [0.05, 0.1) is 6.21 Å². The van der Waals surface area contributed by atoms with Crippen LogP contribution in [0.2, 0.25) is 5.02 Å². The number of carbonyl (C=O) groups is 1. The van der Waals surface area contributed by atoms with Crippen LogP contribution in [-0.2, 0) is 0 Å². The first-order valence-electron chi connectivity index (χ1n) is 6.78. The van der Waals surface area contributed by atoms with E-state index in [1.807, 2.05) is 0 Å². The zero-order chi connectivity index (χ0) is 16.2. The summed E-state index contributed by atoms with van der Waals surface area (Å²) in [5.74, 6) is 0.192. The number of benzene rings is 1. The maximum Gasteiger partial charge on any atom is 0.291 e. The smallest absolute Gasteiger partial charge is 0.291 e. The molecule has 3 aromatic rings. The molecular formula is C15H13ClN6O. The predicted octanol–water partition coefficient (Wildman–Crippen LogP) is 2.19. The summed E-state index contributed by atoms with van der Waals surface area (Å²) in [6.07, 6.45) is 6.49. The number of nitrogens with one attached hydrogen (secondary N) is 2. The largest absolute Gasteiger partial charge is 0.370 e. The van der Waals surface area contributed by atoms with Crippen molar-refractivity contribution in [3.63, 3.8) is 0 Å². The molecular weight excluding hydrogens is 316 g/mol. The van der Waals surface area contributed by atoms with Crippen LogP contribution < -0.4 is 10.7 Å². The van der Waals surface area contributed by atoms with E-state index in [2.05, 4.69) is 25.8 Å². The number of hydrogen-bond acceptors (Lipinski definition) is 5. The molecule has 0 aliphatic rings. The summed E-state index contributed by atoms with van der Waals surface area (Å²) in [6, 6.07) is 7.10. The van der Waals surface area contributed by atoms with Crippen molar-refractivity contribution in [1.82, 2.24) is 19.8 Å². The Morgan fingerprint density at radius 2 is 2.13 bits per heavy atom. The molecule has 8 heteroatoms. The van der Waals surface area contributed by atoms with E-state index in [0.717, 1.165) is 5.56 Å². The lowest BCUT2D eigenvalue weighted by Crippen LogP contribution is -2.17. The van der Waals surface area contributed by atoms with Gasteiger partial charge in [-0.2, -0.15) is 5.10 Å². The third-order valence-electron chi connectivity index (χ3n) is 3.09. The Labute approximate surface area is 137 Å². The molecule has 2 heterocycles. The molecule has 23 heavy (non-hydrogen) atoms. The molecule has 0 atom stereocenters. The predicted molar refractivity (Wildman–Crippen MR) is 89.0 cm³/mol. The van der Waals surface area contributed by atoms with E-state index >= 15 is 0 Å². The zero-order valence-corrected chi connectivity index (χ0v) is 12.9. The lowest BCUT2D eigenvalue weighted by molar-refractivity contribution is 0.0951. The van der Waals surface area contributed by atoms with Crippen molar-refractivity contribution in [2.75, 3.05) is 12.4 Å². The average Bonchev–Trinajstić information content (AvgIpc) is 3.01. The van der Waals surface area contributed by atoms with E-state index in [-0.39, 0.29) is 5.69 Å². The molecule has 0 saturated heterocycles. The minimum atomic E-state index is -0.402. The Morgan fingerprint density at radius 3 is 2.87 bits per heavy atom. The van der Waals surface area contributed by atoms with Gasteiger partial charge in [-0.05, 0) is 17.7 Å². The van der Waals surface area contributed by atoms with Crippen LogP contribution in [0.1, 0.15) is 16.1 Å². The standard InChI is InChI=1S/C15H13ClN6O/c1-17-13-14-20-12(9-22(14)7-6-18-13)15(23)21-19-8-10-2-4-11(16)5-3-10/h2-9H,1H3,(H,17,18)(H,21,23)/b19-8+. The summed E-state index contributed by atoms with van der Waals surface area (Å²) >= 11 is 5.80. The van der Waals surface area contributed by atoms with Gasteiger partial charge in [-0.3, -0.25) is 4.79 Å². The Morgan fingerprint density at radius 1 is 1.35 bits per heavy atom. The van der Waals surface area contributed by atoms with Gasteiger partial charge in [0.1, 0.15) is 5.69 Å². The maximum absolute atomic E-state index is 12.1. The van der Waals surface area contributed by atoms with Crippen LogP contribution in [0.15, 0.2) is 48.0 Å². The topological polar surface area (TPSA) is 83.7 Å². The first kappa shape index (κ1) is 15.0. The number of fused-ring (bicyclic) bond motifs is 1. The molecule has 0 saturated carbocycles. The van der Waals surface area contributed by atoms with Crippen LogP contribution in [0.3, 0.4) is 0 Å². The molecule has 0 spiro atoms. The molecule has 0 radical (unpaired) electrons. The number of hydrogen-bond donors (Lipinski definition) is 2. The van der Waals surface area contributed by atoms with Gasteiger partial charge in [0.15, 0.2) is 11.5 Å². The molecule has 116 valence electrons. The van der Waals surface area contributed by atoms with Crippen LogP contribution in [0, 0.1) is 0 Å². The summed E-state index contributed by atoms with van der Waals surface area (Å²) < 4.78 is 1.72. The first-order valence-corrected chi connectivity index (χ1v) is 7.15. The maximum atomic E-state index is 12.1. The molecule has 1 aromatic carbocycles. The van der Waals surface area contributed by atoms with Crippen LogP contribution >= 0.6 is 11.6 Å². The fraction of sp³-hybridized carbons (Fsp3) is 0.0667. The molecule has 0 unspecified atom stereocenters. The van der Waals surface area contributed by atoms with Gasteiger partial charge in [-0.25, -0.2) is 15.4 Å². The van der Waals surface area contributed by atoms with Crippen LogP contribution in [0.25, 0.3) is 5.65 Å². The second kappa shape index (κ2) is 6.45. The van der Waals surface area contributed by atoms with Crippen molar-refractivity contribution < 1.29 is 4.79 Å². The van der Waals surface area contributed by atoms with Gasteiger partial charge in [0, 0.05) is 30.7 Å². The van der Waals surface area contributed by atoms with Gasteiger partial charge < -0.3 is 9.72 Å². The lowest BCUT2D eigenvalue weighted by atomic mass is 10.2. The van der Waals surface area contributed by atoms with E-state index in [4.69, 9.17) is 11.6 Å². The van der Waals surface area contributed by atoms with Crippen molar-refractivity contribution in [3.8, 4) is 0 Å². The fourth-order valence-electron chi connectivity index (χ4n) is 1.98. The lowest BCUT2D eigenvalue weighted by Gasteiger charge is -1.98. The number of halogens is 1. The highest BCUT2D eigenvalue weighted by Crippen LogP contribution is 2.12. The van der Waals surface area contributed by atoms with E-state index in [1.165, 1.54) is 6.21 Å². The highest BCUT2D eigenvalue weighted by molar-refractivity contribution is 6.30. The second-order valence-electron chi connectivity index (χ2n) is 4.63. The normalized spacial score (nSPS) is 11.0. The van der Waals surface area contributed by atoms with Gasteiger partial charge >= 0.3 is 0 Å². The summed E-state index contributed by atoms with van der Waals surface area (Å²) in [5, 5.41) is 7.48. The molecule has 2 N–H and O–H groups in total. The summed E-state index contributed by atoms with van der Waals surface area (Å²) in [6.45, 7) is 0. The van der Waals surface area contributed by atoms with Crippen LogP contribution in [0.4, 0.5) is 5.82 Å². The number of imidazole rings is 1. The number of aromatic nitrogens is 3. The van der Waals surface area contributed by atoms with Crippen molar-refractivity contribution >= 4 is 35.2 Å². The summed E-state index contributed by atoms with van der Waals surface area (Å²) in [7, 11) is 1.74. The number of rotatable bonds is 4. The van der Waals surface area contributed by atoms with Crippen molar-refractivity contribution in [2.24, 2.45) is 5.10 Å². The fourth-order valence-corrected chi connectivity index (χ4v) is 2.10. The molecule has 0 aliphatic heterocycles. The summed E-state index contributed by atoms with van der Waals surface area (Å²) in [4.78, 5) is 20.5. The van der Waals surface area contributed by atoms with Gasteiger partial charge in [0.25, 0.3) is 5.91 Å². The highest BCUT2D eigenvalue weighted by atomic mass is 35.5. The third kappa shape index (κ3) is 3.29. The molecule has 0 bridgehead atoms. The Balaban J connectivity index is 1.74. The molecule has 0 aliphatic carbocycles. The Hall–Kier alpha value is -2.93. The third-order valence-corrected chi connectivity index (χ3v) is 3.35. The molecule has 0 fully saturated rings. The van der Waals surface area contributed by atoms with Crippen molar-refractivity contribution in [2.45, 2.75) is 0 Å². The first-order chi connectivity index (χ1) is 11.2. The highest BCUT2D eigenvalue weighted by Gasteiger charge is 2.12. The van der Waals surface area contributed by atoms with Crippen molar-refractivity contribution in [3.05, 3.63) is 59.1 Å². The number of nitrogens with zero attached hydrogens (tertiary/aromatic N) is 4. The Bertz CT molecular complexity index is 871. The molecule has 3 rings (SSSR count). The minimum Gasteiger partial charge on any atom is -0.370 e. The van der Waals surface area contributed by atoms with Crippen molar-refractivity contribution in [1.29, 1.82) is 0 Å². The number of carbonyl (C=O) groups excluding carboxylic acids is 1. The number of anilines is 1. The quantitative estimate of drug-likeness (QED) is 0.568. The molecule has 7 nitrogen and oxygen atoms in total. The van der Waals surface area contributed by atoms with E-state index < -0.39 is 5.91 Å². The minimum absolute atomic E-state index is 0.253. The number of amides is 1. The monoisotopic (exact) mass is 328 g/mol. The van der Waals surface area contributed by atoms with Gasteiger partial charge in [-0.1, -0.05) is 23.7 Å². The zero-order valence-electron chi connectivity index (χ0n) is 12.2. The second-order valence-corrected chi connectivity index (χ2v) is 5.07. The van der Waals surface area contributed by atoms with E-state index in [0.29, 0.717) is 16.5 Å². The van der Waals surface area contributed by atoms with E-state index in [1.54, 1.807) is 54.3 Å². The van der Waals surface area contributed by atoms with Crippen LogP contribution in [0.5, 0.6) is 0 Å². The molecule has 1 amide bonds. The Kier molecular flexibility index (Phi) is 4.20.